The van der Waals surface area contributed by atoms with Gasteiger partial charge in [-0.05, 0) is 80.3 Å². The van der Waals surface area contributed by atoms with Gasteiger partial charge in [0.15, 0.2) is 0 Å². The van der Waals surface area contributed by atoms with Crippen LogP contribution in [-0.4, -0.2) is 37.1 Å². The topological polar surface area (TPSA) is 97.5 Å². The Hall–Kier alpha value is -2.49. The van der Waals surface area contributed by atoms with Gasteiger partial charge in [-0.2, -0.15) is 5.10 Å². The van der Waals surface area contributed by atoms with Crippen LogP contribution in [0.25, 0.3) is 15.9 Å². The first-order chi connectivity index (χ1) is 17.8. The van der Waals surface area contributed by atoms with Gasteiger partial charge in [-0.25, -0.2) is 14.5 Å². The number of thiazole rings is 1. The van der Waals surface area contributed by atoms with Gasteiger partial charge in [-0.3, -0.25) is 0 Å². The molecule has 6 rings (SSSR count). The van der Waals surface area contributed by atoms with Crippen molar-refractivity contribution in [3.8, 4) is 5.69 Å². The van der Waals surface area contributed by atoms with Gasteiger partial charge in [0.1, 0.15) is 16.3 Å². The van der Waals surface area contributed by atoms with Crippen molar-refractivity contribution >= 4 is 50.7 Å². The van der Waals surface area contributed by atoms with Gasteiger partial charge in [-0.15, -0.1) is 11.3 Å². The number of halogens is 2. The molecule has 0 radical (unpaired) electrons. The number of nitrogens with zero attached hydrogens (tertiary/aromatic N) is 3. The number of hydrogen-bond donors (Lipinski definition) is 2. The molecule has 2 aliphatic carbocycles. The average molecular weight is 558 g/mol. The fourth-order valence-electron chi connectivity index (χ4n) is 5.06. The maximum Gasteiger partial charge on any atom is 0.335 e. The first kappa shape index (κ1) is 24.8. The number of carboxylic acids is 1. The van der Waals surface area contributed by atoms with Crippen LogP contribution in [-0.2, 0) is 16.9 Å². The second kappa shape index (κ2) is 9.67. The molecule has 2 aromatic carbocycles. The van der Waals surface area contributed by atoms with Crippen LogP contribution in [0.3, 0.4) is 0 Å². The molecule has 0 aliphatic heterocycles. The number of aliphatic hydroxyl groups is 1. The van der Waals surface area contributed by atoms with Gasteiger partial charge in [0.25, 0.3) is 0 Å². The lowest BCUT2D eigenvalue weighted by molar-refractivity contribution is -0.0648. The normalized spacial score (nSPS) is 22.0. The average Bonchev–Trinajstić information content (AvgIpc) is 3.49. The summed E-state index contributed by atoms with van der Waals surface area (Å²) in [6, 6.07) is 10.3. The van der Waals surface area contributed by atoms with Crippen LogP contribution in [0.5, 0.6) is 0 Å². The van der Waals surface area contributed by atoms with E-state index in [4.69, 9.17) is 27.9 Å². The van der Waals surface area contributed by atoms with Gasteiger partial charge < -0.3 is 14.9 Å². The Morgan fingerprint density at radius 2 is 1.86 bits per heavy atom. The number of carboxylic acid groups (broad SMARTS) is 1. The zero-order valence-corrected chi connectivity index (χ0v) is 22.2. The van der Waals surface area contributed by atoms with Crippen LogP contribution in [0.15, 0.2) is 42.6 Å². The van der Waals surface area contributed by atoms with E-state index in [1.165, 1.54) is 16.9 Å². The van der Waals surface area contributed by atoms with E-state index in [1.54, 1.807) is 30.3 Å². The summed E-state index contributed by atoms with van der Waals surface area (Å²) >= 11 is 14.4. The quantitative estimate of drug-likeness (QED) is 0.262. The van der Waals surface area contributed by atoms with Crippen LogP contribution in [0.4, 0.5) is 0 Å². The lowest BCUT2D eigenvalue weighted by atomic mass is 9.83. The van der Waals surface area contributed by atoms with E-state index in [0.29, 0.717) is 64.5 Å². The first-order valence-corrected chi connectivity index (χ1v) is 13.9. The molecule has 10 heteroatoms. The van der Waals surface area contributed by atoms with Crippen molar-refractivity contribution in [3.05, 3.63) is 74.5 Å². The van der Waals surface area contributed by atoms with Crippen LogP contribution >= 0.6 is 34.5 Å². The number of ether oxygens (including phenoxy) is 1. The number of benzene rings is 2. The van der Waals surface area contributed by atoms with Crippen molar-refractivity contribution in [3.63, 3.8) is 0 Å². The molecule has 2 N–H and O–H groups in total. The SMILES string of the molecule is O=C(O)c1ccc2sc(C3(O)CCC(OCc4c(C5CC5)cnn4-c4c(Cl)cccc4Cl)CC3)nc2c1. The summed E-state index contributed by atoms with van der Waals surface area (Å²) in [6.07, 6.45) is 6.59. The van der Waals surface area contributed by atoms with E-state index in [2.05, 4.69) is 10.1 Å². The molecule has 2 heterocycles. The third-order valence-corrected chi connectivity index (χ3v) is 9.16. The zero-order valence-electron chi connectivity index (χ0n) is 19.9. The maximum atomic E-state index is 11.4. The summed E-state index contributed by atoms with van der Waals surface area (Å²) in [7, 11) is 0. The highest BCUT2D eigenvalue weighted by Crippen LogP contribution is 2.44. The van der Waals surface area contributed by atoms with Crippen molar-refractivity contribution in [1.29, 1.82) is 0 Å². The highest BCUT2D eigenvalue weighted by Gasteiger charge is 2.38. The largest absolute Gasteiger partial charge is 0.478 e. The fraction of sp³-hybridized carbons (Fsp3) is 0.370. The number of para-hydroxylation sites is 1. The Bertz CT molecular complexity index is 1470. The van der Waals surface area contributed by atoms with E-state index in [1.807, 2.05) is 16.9 Å². The molecule has 0 spiro atoms. The Morgan fingerprint density at radius 3 is 2.54 bits per heavy atom. The van der Waals surface area contributed by atoms with Crippen LogP contribution < -0.4 is 0 Å². The minimum atomic E-state index is -1.04. The summed E-state index contributed by atoms with van der Waals surface area (Å²) in [6.45, 7) is 0.385. The maximum absolute atomic E-state index is 11.4. The van der Waals surface area contributed by atoms with Gasteiger partial charge in [-0.1, -0.05) is 29.3 Å². The third-order valence-electron chi connectivity index (χ3n) is 7.32. The molecule has 0 amide bonds. The highest BCUT2D eigenvalue weighted by atomic mass is 35.5. The van der Waals surface area contributed by atoms with E-state index in [-0.39, 0.29) is 11.7 Å². The molecule has 37 heavy (non-hydrogen) atoms. The number of rotatable bonds is 7. The molecular formula is C27H25Cl2N3O4S. The summed E-state index contributed by atoms with van der Waals surface area (Å²) in [5.41, 5.74) is 2.56. The predicted octanol–water partition coefficient (Wildman–Crippen LogP) is 6.71. The van der Waals surface area contributed by atoms with E-state index in [0.717, 1.165) is 23.2 Å². The molecule has 192 valence electrons. The highest BCUT2D eigenvalue weighted by molar-refractivity contribution is 7.18. The Morgan fingerprint density at radius 1 is 1.14 bits per heavy atom. The standard InChI is InChI=1S/C27H25Cl2N3O4S/c28-19-2-1-3-20(29)24(19)32-22(18(13-30-32)15-4-5-15)14-36-17-8-10-27(35,11-9-17)26-31-21-12-16(25(33)34)6-7-23(21)37-26/h1-3,6-7,12-13,15,17,35H,4-5,8-11,14H2,(H,33,34). The predicted molar refractivity (Wildman–Crippen MR) is 143 cm³/mol. The molecule has 7 nitrogen and oxygen atoms in total. The molecule has 2 saturated carbocycles. The second-order valence-electron chi connectivity index (χ2n) is 9.85. The van der Waals surface area contributed by atoms with Crippen molar-refractivity contribution in [1.82, 2.24) is 14.8 Å². The molecule has 2 fully saturated rings. The Kier molecular flexibility index (Phi) is 6.49. The van der Waals surface area contributed by atoms with Gasteiger partial charge in [0, 0.05) is 0 Å². The summed E-state index contributed by atoms with van der Waals surface area (Å²) in [5, 5.41) is 27.0. The smallest absolute Gasteiger partial charge is 0.335 e. The summed E-state index contributed by atoms with van der Waals surface area (Å²) < 4.78 is 9.05. The van der Waals surface area contributed by atoms with Gasteiger partial charge in [0.2, 0.25) is 0 Å². The Labute approximate surface area is 227 Å². The minimum Gasteiger partial charge on any atom is -0.478 e. The molecule has 4 aromatic rings. The molecule has 0 saturated heterocycles. The monoisotopic (exact) mass is 557 g/mol. The molecule has 0 bridgehead atoms. The van der Waals surface area contributed by atoms with E-state index in [9.17, 15) is 15.0 Å². The number of aromatic nitrogens is 3. The first-order valence-electron chi connectivity index (χ1n) is 12.3. The van der Waals surface area contributed by atoms with Crippen molar-refractivity contribution in [2.75, 3.05) is 0 Å². The zero-order chi connectivity index (χ0) is 25.7. The molecule has 2 aromatic heterocycles. The lowest BCUT2D eigenvalue weighted by Gasteiger charge is -2.34. The van der Waals surface area contributed by atoms with Crippen LogP contribution in [0.2, 0.25) is 10.0 Å². The minimum absolute atomic E-state index is 0.00890. The van der Waals surface area contributed by atoms with Crippen molar-refractivity contribution < 1.29 is 19.7 Å². The number of carbonyl (C=O) groups is 1. The van der Waals surface area contributed by atoms with Gasteiger partial charge in [0.05, 0.1) is 50.4 Å². The Balaban J connectivity index is 1.17. The summed E-state index contributed by atoms with van der Waals surface area (Å²) in [4.78, 5) is 15.9. The number of fused-ring (bicyclic) bond motifs is 1. The second-order valence-corrected chi connectivity index (χ2v) is 11.7. The number of aromatic carboxylic acids is 1. The van der Waals surface area contributed by atoms with Crippen molar-refractivity contribution in [2.45, 2.75) is 62.8 Å². The molecular weight excluding hydrogens is 533 g/mol. The molecule has 2 aliphatic rings. The fourth-order valence-corrected chi connectivity index (χ4v) is 6.71. The van der Waals surface area contributed by atoms with E-state index >= 15 is 0 Å². The van der Waals surface area contributed by atoms with Crippen LogP contribution in [0.1, 0.15) is 71.1 Å². The van der Waals surface area contributed by atoms with Crippen molar-refractivity contribution in [2.24, 2.45) is 0 Å². The van der Waals surface area contributed by atoms with E-state index < -0.39 is 11.6 Å². The van der Waals surface area contributed by atoms with Crippen LogP contribution in [0, 0.1) is 0 Å². The number of hydrogen-bond acceptors (Lipinski definition) is 6. The van der Waals surface area contributed by atoms with Gasteiger partial charge >= 0.3 is 5.97 Å². The molecule has 0 unspecified atom stereocenters. The third kappa shape index (κ3) is 4.77. The summed E-state index contributed by atoms with van der Waals surface area (Å²) in [5.74, 6) is -0.499. The lowest BCUT2D eigenvalue weighted by Crippen LogP contribution is -2.34. The molecule has 0 atom stereocenters.